The van der Waals surface area contributed by atoms with Crippen molar-refractivity contribution in [2.24, 2.45) is 5.92 Å². The Labute approximate surface area is 325 Å². The number of fused-ring (bicyclic) bond motifs is 2. The second-order valence-electron chi connectivity index (χ2n) is 15.3. The molecule has 10 nitrogen and oxygen atoms in total. The fourth-order valence-corrected chi connectivity index (χ4v) is 13.4. The van der Waals surface area contributed by atoms with Gasteiger partial charge >= 0.3 is 0 Å². The van der Waals surface area contributed by atoms with Crippen molar-refractivity contribution in [3.05, 3.63) is 112 Å². The van der Waals surface area contributed by atoms with Gasteiger partial charge in [0, 0.05) is 39.4 Å². The molecule has 4 aromatic rings. The molecule has 0 bridgehead atoms. The van der Waals surface area contributed by atoms with Crippen molar-refractivity contribution in [3.63, 3.8) is 0 Å². The number of aliphatic hydroxyl groups excluding tert-OH is 1. The van der Waals surface area contributed by atoms with E-state index >= 15 is 4.79 Å². The Bertz CT molecular complexity index is 2060. The Morgan fingerprint density at radius 2 is 1.80 bits per heavy atom. The lowest BCUT2D eigenvalue weighted by Crippen LogP contribution is -2.52. The number of benzene rings is 4. The lowest BCUT2D eigenvalue weighted by molar-refractivity contribution is -0.150. The van der Waals surface area contributed by atoms with Crippen LogP contribution in [0.25, 0.3) is 0 Å². The third-order valence-corrected chi connectivity index (χ3v) is 16.6. The molecular formula is C42H47BrN4O6Si. The Balaban J connectivity index is 1.24. The van der Waals surface area contributed by atoms with Crippen LogP contribution >= 0.6 is 15.9 Å². The number of likely N-dealkylation sites (tertiary alicyclic amines) is 1. The Morgan fingerprint density at radius 1 is 1.06 bits per heavy atom. The summed E-state index contributed by atoms with van der Waals surface area (Å²) >= 11 is 3.68. The highest BCUT2D eigenvalue weighted by Crippen LogP contribution is 2.60. The zero-order chi connectivity index (χ0) is 38.4. The predicted molar refractivity (Wildman–Crippen MR) is 217 cm³/mol. The monoisotopic (exact) mass is 810 g/mol. The number of nitrogens with zero attached hydrogens (tertiary/aromatic N) is 2. The number of nitrogen functional groups attached to an aromatic ring is 1. The first-order valence-corrected chi connectivity index (χ1v) is 22.3. The standard InChI is InChI=1S/C42H47BrN4O6Si/c1-26-39(54(3,4)34-17-15-33(52-2)16-18-34)37(23-38(49)46-20-6-9-32(46)25-48)53-42(26)35-22-29(43)12-19-36(35)47(41(42)51)24-27-7-5-8-31(21-27)45-40(50)28-10-13-30(44)14-11-28/h5,7-8,10-19,21-22,26,32,37,39,48H,6,9,20,23-25,44H2,1-4H3,(H,45,50)/t26-,32-,37+,39-,42+/m0/s1. The van der Waals surface area contributed by atoms with E-state index < -0.39 is 19.8 Å². The number of nitrogens with one attached hydrogen (secondary N) is 1. The number of anilines is 3. The highest BCUT2D eigenvalue weighted by atomic mass is 79.9. The van der Waals surface area contributed by atoms with E-state index in [0.717, 1.165) is 39.9 Å². The van der Waals surface area contributed by atoms with Crippen molar-refractivity contribution in [1.29, 1.82) is 0 Å². The summed E-state index contributed by atoms with van der Waals surface area (Å²) in [5.41, 5.74) is 8.37. The Morgan fingerprint density at radius 3 is 2.50 bits per heavy atom. The molecule has 3 heterocycles. The van der Waals surface area contributed by atoms with Gasteiger partial charge in [0.25, 0.3) is 11.8 Å². The van der Waals surface area contributed by atoms with E-state index in [1.165, 1.54) is 5.19 Å². The third-order valence-electron chi connectivity index (χ3n) is 11.8. The normalized spacial score (nSPS) is 23.6. The molecule has 1 spiro atoms. The molecule has 3 amide bonds. The van der Waals surface area contributed by atoms with Gasteiger partial charge in [-0.15, -0.1) is 0 Å². The summed E-state index contributed by atoms with van der Waals surface area (Å²) < 4.78 is 13.5. The maximum atomic E-state index is 15.2. The molecule has 4 aromatic carbocycles. The number of halogens is 1. The van der Waals surface area contributed by atoms with Gasteiger partial charge in [-0.2, -0.15) is 0 Å². The summed E-state index contributed by atoms with van der Waals surface area (Å²) in [6.45, 7) is 7.48. The molecule has 2 saturated heterocycles. The Kier molecular flexibility index (Phi) is 10.5. The largest absolute Gasteiger partial charge is 0.497 e. The fourth-order valence-electron chi connectivity index (χ4n) is 9.05. The van der Waals surface area contributed by atoms with Crippen LogP contribution in [0.3, 0.4) is 0 Å². The molecule has 12 heteroatoms. The topological polar surface area (TPSA) is 134 Å². The SMILES string of the molecule is COc1ccc([Si](C)(C)[C@@H]2[C@@H](CC(=O)N3CCC[C@H]3CO)O[C@]3(C(=O)N(Cc4cccc(NC(=O)c5ccc(N)cc5)c4)c4ccc(Br)cc43)[C@H]2C)cc1. The summed E-state index contributed by atoms with van der Waals surface area (Å²) in [6.07, 6.45) is 1.19. The van der Waals surface area contributed by atoms with Gasteiger partial charge < -0.3 is 35.4 Å². The van der Waals surface area contributed by atoms with Crippen molar-refractivity contribution in [1.82, 2.24) is 4.90 Å². The fraction of sp³-hybridized carbons (Fsp3) is 0.357. The van der Waals surface area contributed by atoms with Crippen LogP contribution in [0.1, 0.15) is 47.7 Å². The minimum atomic E-state index is -2.48. The minimum absolute atomic E-state index is 0.0556. The number of carbonyl (C=O) groups excluding carboxylic acids is 3. The number of methoxy groups -OCH3 is 1. The quantitative estimate of drug-likeness (QED) is 0.124. The molecule has 0 aliphatic carbocycles. The summed E-state index contributed by atoms with van der Waals surface area (Å²) in [6, 6.07) is 28.0. The minimum Gasteiger partial charge on any atom is -0.497 e. The van der Waals surface area contributed by atoms with Gasteiger partial charge in [-0.3, -0.25) is 14.4 Å². The Hall–Kier alpha value is -4.49. The van der Waals surface area contributed by atoms with Crippen molar-refractivity contribution < 1.29 is 29.0 Å². The number of ether oxygens (including phenoxy) is 2. The van der Waals surface area contributed by atoms with Crippen LogP contribution < -0.4 is 25.9 Å². The second kappa shape index (κ2) is 15.0. The maximum absolute atomic E-state index is 15.2. The van der Waals surface area contributed by atoms with Crippen LogP contribution in [-0.4, -0.2) is 68.2 Å². The summed E-state index contributed by atoms with van der Waals surface area (Å²) in [5, 5.41) is 14.2. The van der Waals surface area contributed by atoms with E-state index in [9.17, 15) is 14.7 Å². The van der Waals surface area contributed by atoms with E-state index in [4.69, 9.17) is 15.2 Å². The molecule has 0 radical (unpaired) electrons. The van der Waals surface area contributed by atoms with E-state index in [0.29, 0.717) is 23.5 Å². The number of carbonyl (C=O) groups is 3. The van der Waals surface area contributed by atoms with Crippen LogP contribution in [0.2, 0.25) is 18.6 Å². The first-order valence-electron chi connectivity index (χ1n) is 18.5. The van der Waals surface area contributed by atoms with Gasteiger partial charge in [-0.05, 0) is 90.7 Å². The van der Waals surface area contributed by atoms with E-state index in [-0.39, 0.29) is 54.8 Å². The van der Waals surface area contributed by atoms with Crippen molar-refractivity contribution >= 4 is 64.0 Å². The third kappa shape index (κ3) is 6.74. The maximum Gasteiger partial charge on any atom is 0.264 e. The van der Waals surface area contributed by atoms with Crippen LogP contribution in [-0.2, 0) is 26.5 Å². The molecule has 0 saturated carbocycles. The molecule has 7 rings (SSSR count). The highest BCUT2D eigenvalue weighted by Gasteiger charge is 2.66. The van der Waals surface area contributed by atoms with Crippen LogP contribution in [0.15, 0.2) is 95.5 Å². The van der Waals surface area contributed by atoms with Gasteiger partial charge in [0.15, 0.2) is 5.60 Å². The molecular weight excluding hydrogens is 764 g/mol. The smallest absolute Gasteiger partial charge is 0.264 e. The molecule has 5 atom stereocenters. The van der Waals surface area contributed by atoms with Gasteiger partial charge in [-0.25, -0.2) is 0 Å². The summed E-state index contributed by atoms with van der Waals surface area (Å²) in [4.78, 5) is 45.9. The predicted octanol–water partition coefficient (Wildman–Crippen LogP) is 6.43. The average Bonchev–Trinajstić information content (AvgIpc) is 3.82. The van der Waals surface area contributed by atoms with E-state index in [1.807, 2.05) is 54.6 Å². The van der Waals surface area contributed by atoms with E-state index in [1.54, 1.807) is 41.2 Å². The number of hydrogen-bond acceptors (Lipinski definition) is 7. The molecule has 2 fully saturated rings. The first-order chi connectivity index (χ1) is 25.9. The van der Waals surface area contributed by atoms with Crippen molar-refractivity contribution in [3.8, 4) is 5.75 Å². The molecule has 0 unspecified atom stereocenters. The number of nitrogens with two attached hydrogens (primary N) is 1. The second-order valence-corrected chi connectivity index (χ2v) is 20.9. The molecule has 3 aliphatic rings. The summed E-state index contributed by atoms with van der Waals surface area (Å²) in [5.74, 6) is -0.0161. The highest BCUT2D eigenvalue weighted by molar-refractivity contribution is 9.10. The first kappa shape index (κ1) is 37.8. The zero-order valence-corrected chi connectivity index (χ0v) is 33.6. The van der Waals surface area contributed by atoms with Gasteiger partial charge in [-0.1, -0.05) is 65.4 Å². The van der Waals surface area contributed by atoms with Gasteiger partial charge in [0.05, 0.1) is 52.6 Å². The summed E-state index contributed by atoms with van der Waals surface area (Å²) in [7, 11) is -0.831. The molecule has 282 valence electrons. The number of rotatable bonds is 10. The number of amides is 3. The van der Waals surface area contributed by atoms with Crippen LogP contribution in [0.4, 0.5) is 17.1 Å². The molecule has 0 aromatic heterocycles. The lowest BCUT2D eigenvalue weighted by Gasteiger charge is -2.37. The lowest BCUT2D eigenvalue weighted by atomic mass is 9.82. The van der Waals surface area contributed by atoms with Crippen LogP contribution in [0, 0.1) is 5.92 Å². The molecule has 4 N–H and O–H groups in total. The van der Waals surface area contributed by atoms with Gasteiger partial charge in [0.1, 0.15) is 5.75 Å². The molecule has 3 aliphatic heterocycles. The number of hydrogen-bond donors (Lipinski definition) is 3. The van der Waals surface area contributed by atoms with Crippen molar-refractivity contribution in [2.45, 2.75) is 69.1 Å². The van der Waals surface area contributed by atoms with Crippen LogP contribution in [0.5, 0.6) is 5.75 Å². The zero-order valence-electron chi connectivity index (χ0n) is 31.1. The van der Waals surface area contributed by atoms with E-state index in [2.05, 4.69) is 53.4 Å². The molecule has 54 heavy (non-hydrogen) atoms. The van der Waals surface area contributed by atoms with Crippen molar-refractivity contribution in [2.75, 3.05) is 36.2 Å². The number of aliphatic hydroxyl groups is 1. The van der Waals surface area contributed by atoms with Gasteiger partial charge in [0.2, 0.25) is 5.91 Å². The average molecular weight is 812 g/mol.